The fourth-order valence-electron chi connectivity index (χ4n) is 3.98. The number of carboxylic acids is 1. The lowest BCUT2D eigenvalue weighted by Crippen LogP contribution is -2.34. The van der Waals surface area contributed by atoms with Gasteiger partial charge in [0.15, 0.2) is 5.13 Å². The van der Waals surface area contributed by atoms with Crippen LogP contribution in [0.1, 0.15) is 45.8 Å². The van der Waals surface area contributed by atoms with Gasteiger partial charge in [-0.15, -0.1) is 0 Å². The Bertz CT molecular complexity index is 1180. The van der Waals surface area contributed by atoms with Gasteiger partial charge in [-0.3, -0.25) is 14.9 Å². The Kier molecular flexibility index (Phi) is 6.41. The van der Waals surface area contributed by atoms with E-state index in [0.717, 1.165) is 33.6 Å². The number of carbonyl (C=O) groups is 3. The van der Waals surface area contributed by atoms with Crippen molar-refractivity contribution in [3.05, 3.63) is 70.2 Å². The maximum atomic E-state index is 12.5. The lowest BCUT2D eigenvalue weighted by atomic mass is 9.98. The maximum absolute atomic E-state index is 12.5. The molecule has 0 spiro atoms. The third-order valence-electron chi connectivity index (χ3n) is 5.41. The highest BCUT2D eigenvalue weighted by Gasteiger charge is 2.29. The van der Waals surface area contributed by atoms with Crippen molar-refractivity contribution in [2.75, 3.05) is 11.9 Å². The van der Waals surface area contributed by atoms with Crippen LogP contribution in [0, 0.1) is 6.92 Å². The van der Waals surface area contributed by atoms with Crippen LogP contribution < -0.4 is 10.6 Å². The molecule has 1 aliphatic rings. The lowest BCUT2D eigenvalue weighted by molar-refractivity contribution is -0.137. The van der Waals surface area contributed by atoms with Crippen LogP contribution in [0.15, 0.2) is 48.5 Å². The zero-order chi connectivity index (χ0) is 23.5. The van der Waals surface area contributed by atoms with E-state index in [0.29, 0.717) is 10.6 Å². The quantitative estimate of drug-likeness (QED) is 0.476. The molecule has 0 fully saturated rings. The molecular weight excluding hydrogens is 442 g/mol. The van der Waals surface area contributed by atoms with Crippen molar-refractivity contribution >= 4 is 34.4 Å². The van der Waals surface area contributed by atoms with Crippen LogP contribution in [0.25, 0.3) is 11.1 Å². The first-order chi connectivity index (χ1) is 15.8. The van der Waals surface area contributed by atoms with Gasteiger partial charge in [-0.25, -0.2) is 9.78 Å². The van der Waals surface area contributed by atoms with Crippen LogP contribution in [0.5, 0.6) is 0 Å². The molecule has 2 aromatic carbocycles. The predicted molar refractivity (Wildman–Crippen MR) is 125 cm³/mol. The summed E-state index contributed by atoms with van der Waals surface area (Å²) in [4.78, 5) is 40.2. The summed E-state index contributed by atoms with van der Waals surface area (Å²) in [5.74, 6) is -1.49. The number of thiazole rings is 1. The van der Waals surface area contributed by atoms with Gasteiger partial charge in [0.25, 0.3) is 5.91 Å². The fraction of sp³-hybridized carbons (Fsp3) is 0.250. The smallest absolute Gasteiger partial charge is 0.413 e. The predicted octanol–water partition coefficient (Wildman–Crippen LogP) is 4.41. The number of carbonyl (C=O) groups excluding carboxylic acids is 2. The van der Waals surface area contributed by atoms with Gasteiger partial charge < -0.3 is 15.2 Å². The van der Waals surface area contributed by atoms with Crippen molar-refractivity contribution in [3.8, 4) is 11.1 Å². The normalized spacial score (nSPS) is 13.0. The second-order valence-corrected chi connectivity index (χ2v) is 8.86. The zero-order valence-corrected chi connectivity index (χ0v) is 18.9. The molecule has 0 unspecified atom stereocenters. The molecule has 3 N–H and O–H groups in total. The van der Waals surface area contributed by atoms with Crippen LogP contribution in [0.4, 0.5) is 9.93 Å². The molecule has 170 valence electrons. The Morgan fingerprint density at radius 1 is 1.09 bits per heavy atom. The van der Waals surface area contributed by atoms with Gasteiger partial charge in [-0.05, 0) is 36.1 Å². The number of nitrogens with one attached hydrogen (secondary N) is 2. The van der Waals surface area contributed by atoms with E-state index in [9.17, 15) is 14.4 Å². The summed E-state index contributed by atoms with van der Waals surface area (Å²) < 4.78 is 5.51. The van der Waals surface area contributed by atoms with Gasteiger partial charge in [0.2, 0.25) is 0 Å². The standard InChI is InChI=1S/C24H23N3O5S/c1-13(11-20(28)29)25-22(30)21-14(2)26-23(33-21)27-24(31)32-12-19-17-9-5-3-7-15(17)16-8-4-6-10-18(16)19/h3-10,13,19H,11-12H2,1-2H3,(H,25,30)(H,28,29)(H,26,27,31)/t13-/m0/s1. The summed E-state index contributed by atoms with van der Waals surface area (Å²) in [7, 11) is 0. The van der Waals surface area contributed by atoms with Gasteiger partial charge in [-0.2, -0.15) is 0 Å². The summed E-state index contributed by atoms with van der Waals surface area (Å²) in [6.45, 7) is 3.43. The number of rotatable bonds is 7. The minimum Gasteiger partial charge on any atom is -0.481 e. The summed E-state index contributed by atoms with van der Waals surface area (Å²) in [5.41, 5.74) is 4.96. The molecule has 1 aromatic heterocycles. The number of aromatic nitrogens is 1. The zero-order valence-electron chi connectivity index (χ0n) is 18.1. The molecule has 9 heteroatoms. The Labute approximate surface area is 194 Å². The fourth-order valence-corrected chi connectivity index (χ4v) is 4.84. The van der Waals surface area contributed by atoms with Crippen LogP contribution in [0.2, 0.25) is 0 Å². The van der Waals surface area contributed by atoms with Crippen molar-refractivity contribution in [1.29, 1.82) is 0 Å². The number of hydrogen-bond acceptors (Lipinski definition) is 6. The number of amides is 2. The number of ether oxygens (including phenoxy) is 1. The molecule has 1 atom stereocenters. The third-order valence-corrected chi connectivity index (χ3v) is 6.49. The highest BCUT2D eigenvalue weighted by atomic mass is 32.1. The largest absolute Gasteiger partial charge is 0.481 e. The van der Waals surface area contributed by atoms with Gasteiger partial charge in [0.1, 0.15) is 11.5 Å². The first-order valence-electron chi connectivity index (χ1n) is 10.5. The first-order valence-corrected chi connectivity index (χ1v) is 11.3. The third kappa shape index (κ3) is 4.88. The van der Waals surface area contributed by atoms with Crippen molar-refractivity contribution in [1.82, 2.24) is 10.3 Å². The molecular formula is C24H23N3O5S. The number of nitrogens with zero attached hydrogens (tertiary/aromatic N) is 1. The molecule has 0 aliphatic heterocycles. The summed E-state index contributed by atoms with van der Waals surface area (Å²) in [5, 5.41) is 14.3. The van der Waals surface area contributed by atoms with Crippen LogP contribution >= 0.6 is 11.3 Å². The monoisotopic (exact) mass is 465 g/mol. The Morgan fingerprint density at radius 2 is 1.70 bits per heavy atom. The van der Waals surface area contributed by atoms with Crippen molar-refractivity contribution in [2.24, 2.45) is 0 Å². The van der Waals surface area contributed by atoms with E-state index in [4.69, 9.17) is 9.84 Å². The van der Waals surface area contributed by atoms with E-state index in [-0.39, 0.29) is 24.1 Å². The Morgan fingerprint density at radius 3 is 2.30 bits per heavy atom. The van der Waals surface area contributed by atoms with Crippen LogP contribution in [-0.2, 0) is 9.53 Å². The van der Waals surface area contributed by atoms with E-state index < -0.39 is 24.0 Å². The van der Waals surface area contributed by atoms with Gasteiger partial charge in [0.05, 0.1) is 12.1 Å². The Hall–Kier alpha value is -3.72. The number of anilines is 1. The van der Waals surface area contributed by atoms with Crippen LogP contribution in [0.3, 0.4) is 0 Å². The van der Waals surface area contributed by atoms with Gasteiger partial charge >= 0.3 is 12.1 Å². The lowest BCUT2D eigenvalue weighted by Gasteiger charge is -2.14. The second kappa shape index (κ2) is 9.41. The van der Waals surface area contributed by atoms with Crippen LogP contribution in [-0.4, -0.2) is 40.7 Å². The average molecular weight is 466 g/mol. The number of carboxylic acid groups (broad SMARTS) is 1. The first kappa shape index (κ1) is 22.5. The topological polar surface area (TPSA) is 118 Å². The van der Waals surface area contributed by atoms with Crippen molar-refractivity contribution in [3.63, 3.8) is 0 Å². The average Bonchev–Trinajstić information content (AvgIpc) is 3.29. The van der Waals surface area contributed by atoms with E-state index >= 15 is 0 Å². The van der Waals surface area contributed by atoms with E-state index in [1.54, 1.807) is 13.8 Å². The molecule has 1 heterocycles. The highest BCUT2D eigenvalue weighted by molar-refractivity contribution is 7.17. The number of fused-ring (bicyclic) bond motifs is 3. The number of hydrogen-bond donors (Lipinski definition) is 3. The molecule has 0 saturated carbocycles. The number of aryl methyl sites for hydroxylation is 1. The number of benzene rings is 2. The SMILES string of the molecule is Cc1nc(NC(=O)OCC2c3ccccc3-c3ccccc32)sc1C(=O)N[C@@H](C)CC(=O)O. The summed E-state index contributed by atoms with van der Waals surface area (Å²) in [6.07, 6.45) is -0.842. The molecule has 1 aliphatic carbocycles. The molecule has 8 nitrogen and oxygen atoms in total. The molecule has 0 bridgehead atoms. The Balaban J connectivity index is 1.39. The van der Waals surface area contributed by atoms with Gasteiger partial charge in [-0.1, -0.05) is 59.9 Å². The molecule has 4 rings (SSSR count). The second-order valence-electron chi connectivity index (χ2n) is 7.86. The molecule has 0 radical (unpaired) electrons. The minimum atomic E-state index is -0.999. The van der Waals surface area contributed by atoms with Crippen molar-refractivity contribution < 1.29 is 24.2 Å². The van der Waals surface area contributed by atoms with Crippen molar-refractivity contribution in [2.45, 2.75) is 32.2 Å². The maximum Gasteiger partial charge on any atom is 0.413 e. The summed E-state index contributed by atoms with van der Waals surface area (Å²) in [6, 6.07) is 15.6. The van der Waals surface area contributed by atoms with E-state index in [2.05, 4.69) is 27.8 Å². The summed E-state index contributed by atoms with van der Waals surface area (Å²) >= 11 is 1.01. The molecule has 33 heavy (non-hydrogen) atoms. The van der Waals surface area contributed by atoms with Gasteiger partial charge in [0, 0.05) is 12.0 Å². The highest BCUT2D eigenvalue weighted by Crippen LogP contribution is 2.44. The molecule has 0 saturated heterocycles. The molecule has 3 aromatic rings. The van der Waals surface area contributed by atoms with E-state index in [1.807, 2.05) is 36.4 Å². The minimum absolute atomic E-state index is 0.0572. The molecule has 2 amide bonds. The number of aliphatic carboxylic acids is 1. The van der Waals surface area contributed by atoms with E-state index in [1.165, 1.54) is 0 Å².